The van der Waals surface area contributed by atoms with Crippen LogP contribution in [0.15, 0.2) is 27.8 Å². The number of anilines is 1. The van der Waals surface area contributed by atoms with Crippen molar-refractivity contribution in [3.05, 3.63) is 18.2 Å². The monoisotopic (exact) mass is 306 g/mol. The van der Waals surface area contributed by atoms with E-state index in [4.69, 9.17) is 10.2 Å². The van der Waals surface area contributed by atoms with Gasteiger partial charge < -0.3 is 14.9 Å². The molecule has 0 aliphatic rings. The highest BCUT2D eigenvalue weighted by molar-refractivity contribution is 7.99. The van der Waals surface area contributed by atoms with Gasteiger partial charge in [-0.1, -0.05) is 11.8 Å². The number of hydrogen-bond acceptors (Lipinski definition) is 5. The molecule has 20 heavy (non-hydrogen) atoms. The van der Waals surface area contributed by atoms with Gasteiger partial charge in [-0.15, -0.1) is 0 Å². The molecule has 110 valence electrons. The van der Waals surface area contributed by atoms with Crippen molar-refractivity contribution in [1.29, 1.82) is 0 Å². The minimum absolute atomic E-state index is 0.0552. The molecule has 2 rings (SSSR count). The predicted molar refractivity (Wildman–Crippen MR) is 70.6 cm³/mol. The van der Waals surface area contributed by atoms with Crippen LogP contribution in [0.1, 0.15) is 6.42 Å². The van der Waals surface area contributed by atoms with E-state index in [0.717, 1.165) is 0 Å². The number of nitrogens with two attached hydrogens (primary N) is 1. The van der Waals surface area contributed by atoms with Gasteiger partial charge in [0.25, 0.3) is 5.22 Å². The molecule has 2 N–H and O–H groups in total. The van der Waals surface area contributed by atoms with Crippen LogP contribution >= 0.6 is 11.8 Å². The van der Waals surface area contributed by atoms with Crippen LogP contribution in [0.4, 0.5) is 18.9 Å². The molecule has 1 heterocycles. The highest BCUT2D eigenvalue weighted by Crippen LogP contribution is 2.25. The van der Waals surface area contributed by atoms with E-state index in [2.05, 4.69) is 9.72 Å². The van der Waals surface area contributed by atoms with Crippen molar-refractivity contribution < 1.29 is 22.3 Å². The molecule has 2 aromatic rings. The van der Waals surface area contributed by atoms with Gasteiger partial charge in [-0.3, -0.25) is 0 Å². The average molecular weight is 306 g/mol. The average Bonchev–Trinajstić information content (AvgIpc) is 2.74. The topological polar surface area (TPSA) is 61.3 Å². The van der Waals surface area contributed by atoms with Gasteiger partial charge in [0.2, 0.25) is 0 Å². The predicted octanol–water partition coefficient (Wildman–Crippen LogP) is 3.47. The van der Waals surface area contributed by atoms with Crippen molar-refractivity contribution >= 4 is 28.5 Å². The molecule has 4 nitrogen and oxygen atoms in total. The van der Waals surface area contributed by atoms with Crippen molar-refractivity contribution in [3.63, 3.8) is 0 Å². The molecule has 0 spiro atoms. The number of aromatic nitrogens is 1. The Balaban J connectivity index is 1.73. The Hall–Kier alpha value is -1.41. The van der Waals surface area contributed by atoms with E-state index in [9.17, 15) is 13.2 Å². The number of oxazole rings is 1. The number of fused-ring (bicyclic) bond motifs is 1. The Morgan fingerprint density at radius 1 is 1.35 bits per heavy atom. The first kappa shape index (κ1) is 15.0. The molecule has 1 aromatic carbocycles. The number of benzene rings is 1. The van der Waals surface area contributed by atoms with Gasteiger partial charge in [-0.2, -0.15) is 13.2 Å². The summed E-state index contributed by atoms with van der Waals surface area (Å²) in [4.78, 5) is 4.23. The van der Waals surface area contributed by atoms with E-state index < -0.39 is 12.8 Å². The molecule has 8 heteroatoms. The number of thioether (sulfide) groups is 1. The van der Waals surface area contributed by atoms with E-state index in [0.29, 0.717) is 34.2 Å². The zero-order valence-corrected chi connectivity index (χ0v) is 11.3. The summed E-state index contributed by atoms with van der Waals surface area (Å²) in [7, 11) is 0. The molecule has 0 fully saturated rings. The quantitative estimate of drug-likeness (QED) is 0.503. The van der Waals surface area contributed by atoms with Crippen molar-refractivity contribution in [1.82, 2.24) is 4.98 Å². The summed E-state index contributed by atoms with van der Waals surface area (Å²) >= 11 is 1.33. The van der Waals surface area contributed by atoms with Gasteiger partial charge in [0, 0.05) is 18.0 Å². The summed E-state index contributed by atoms with van der Waals surface area (Å²) in [6.45, 7) is -1.15. The zero-order chi connectivity index (χ0) is 14.6. The minimum Gasteiger partial charge on any atom is -0.431 e. The number of halogens is 3. The van der Waals surface area contributed by atoms with Crippen LogP contribution in [0.3, 0.4) is 0 Å². The van der Waals surface area contributed by atoms with Gasteiger partial charge in [-0.05, 0) is 24.6 Å². The van der Waals surface area contributed by atoms with Gasteiger partial charge in [0.1, 0.15) is 12.1 Å². The van der Waals surface area contributed by atoms with Crippen LogP contribution in [0, 0.1) is 0 Å². The highest BCUT2D eigenvalue weighted by atomic mass is 32.2. The third-order valence-corrected chi connectivity index (χ3v) is 3.23. The van der Waals surface area contributed by atoms with E-state index >= 15 is 0 Å². The van der Waals surface area contributed by atoms with Gasteiger partial charge in [0.15, 0.2) is 5.58 Å². The lowest BCUT2D eigenvalue weighted by molar-refractivity contribution is -0.173. The van der Waals surface area contributed by atoms with Crippen molar-refractivity contribution in [3.8, 4) is 0 Å². The fourth-order valence-corrected chi connectivity index (χ4v) is 2.24. The Morgan fingerprint density at radius 2 is 2.15 bits per heavy atom. The second-order valence-electron chi connectivity index (χ2n) is 4.08. The smallest absolute Gasteiger partial charge is 0.411 e. The summed E-state index contributed by atoms with van der Waals surface area (Å²) in [6, 6.07) is 5.15. The zero-order valence-electron chi connectivity index (χ0n) is 10.4. The van der Waals surface area contributed by atoms with Crippen LogP contribution in [-0.4, -0.2) is 30.1 Å². The fourth-order valence-electron chi connectivity index (χ4n) is 1.49. The highest BCUT2D eigenvalue weighted by Gasteiger charge is 2.27. The number of ether oxygens (including phenoxy) is 1. The molecule has 0 bridgehead atoms. The molecule has 0 saturated heterocycles. The lowest BCUT2D eigenvalue weighted by atomic mass is 10.3. The molecule has 1 aromatic heterocycles. The maximum Gasteiger partial charge on any atom is 0.411 e. The fraction of sp³-hybridized carbons (Fsp3) is 0.417. The van der Waals surface area contributed by atoms with Gasteiger partial charge in [-0.25, -0.2) is 4.98 Å². The molecule has 0 atom stereocenters. The van der Waals surface area contributed by atoms with Gasteiger partial charge in [0.05, 0.1) is 0 Å². The van der Waals surface area contributed by atoms with Gasteiger partial charge >= 0.3 is 6.18 Å². The Bertz CT molecular complexity index is 571. The van der Waals surface area contributed by atoms with Crippen LogP contribution in [0.25, 0.3) is 11.1 Å². The normalized spacial score (nSPS) is 12.2. The maximum atomic E-state index is 11.8. The second kappa shape index (κ2) is 6.36. The van der Waals surface area contributed by atoms with E-state index in [1.807, 2.05) is 0 Å². The third-order valence-electron chi connectivity index (χ3n) is 2.32. The summed E-state index contributed by atoms with van der Waals surface area (Å²) in [5.41, 5.74) is 7.53. The SMILES string of the molecule is Nc1ccc2oc(SCCCOCC(F)(F)F)nc2c1. The molecule has 0 saturated carbocycles. The Labute approximate surface area is 117 Å². The number of hydrogen-bond donors (Lipinski definition) is 1. The van der Waals surface area contributed by atoms with Crippen molar-refractivity contribution in [2.24, 2.45) is 0 Å². The summed E-state index contributed by atoms with van der Waals surface area (Å²) in [6.07, 6.45) is -3.78. The van der Waals surface area contributed by atoms with E-state index in [-0.39, 0.29) is 6.61 Å². The molecule has 0 amide bonds. The van der Waals surface area contributed by atoms with Crippen molar-refractivity contribution in [2.45, 2.75) is 17.8 Å². The molecule has 0 aliphatic heterocycles. The summed E-state index contributed by atoms with van der Waals surface area (Å²) in [5.74, 6) is 0.570. The molecular formula is C12H13F3N2O2S. The first-order chi connectivity index (χ1) is 9.44. The van der Waals surface area contributed by atoms with E-state index in [1.165, 1.54) is 11.8 Å². The maximum absolute atomic E-state index is 11.8. The van der Waals surface area contributed by atoms with Crippen LogP contribution in [0.2, 0.25) is 0 Å². The number of nitrogens with zero attached hydrogens (tertiary/aromatic N) is 1. The largest absolute Gasteiger partial charge is 0.431 e. The standard InChI is InChI=1S/C12H13F3N2O2S/c13-12(14,15)7-18-4-1-5-20-11-17-9-6-8(16)2-3-10(9)19-11/h2-3,6H,1,4-5,7,16H2. The summed E-state index contributed by atoms with van der Waals surface area (Å²) < 4.78 is 45.4. The van der Waals surface area contributed by atoms with E-state index in [1.54, 1.807) is 18.2 Å². The number of nitrogen functional groups attached to an aromatic ring is 1. The minimum atomic E-state index is -4.27. The van der Waals surface area contributed by atoms with Crippen molar-refractivity contribution in [2.75, 3.05) is 24.7 Å². The molecule has 0 unspecified atom stereocenters. The Kier molecular flexibility index (Phi) is 4.77. The second-order valence-corrected chi connectivity index (χ2v) is 5.12. The first-order valence-corrected chi connectivity index (χ1v) is 6.86. The third kappa shape index (κ3) is 4.61. The first-order valence-electron chi connectivity index (χ1n) is 5.87. The van der Waals surface area contributed by atoms with Crippen LogP contribution < -0.4 is 5.73 Å². The number of alkyl halides is 3. The molecule has 0 aliphatic carbocycles. The Morgan fingerprint density at radius 3 is 2.90 bits per heavy atom. The van der Waals surface area contributed by atoms with Crippen LogP contribution in [0.5, 0.6) is 0 Å². The summed E-state index contributed by atoms with van der Waals surface area (Å²) in [5, 5.41) is 0.474. The number of rotatable bonds is 6. The lowest BCUT2D eigenvalue weighted by Gasteiger charge is -2.06. The lowest BCUT2D eigenvalue weighted by Crippen LogP contribution is -2.17. The molecular weight excluding hydrogens is 293 g/mol. The molecule has 0 radical (unpaired) electrons. The van der Waals surface area contributed by atoms with Crippen LogP contribution in [-0.2, 0) is 4.74 Å².